The van der Waals surface area contributed by atoms with Crippen molar-refractivity contribution in [2.24, 2.45) is 5.73 Å². The Bertz CT molecular complexity index is 1050. The lowest BCUT2D eigenvalue weighted by atomic mass is 10.0. The van der Waals surface area contributed by atoms with Crippen LogP contribution < -0.4 is 10.5 Å². The Hall–Kier alpha value is -2.60. The number of nitrogens with zero attached hydrogens (tertiary/aromatic N) is 2. The van der Waals surface area contributed by atoms with Crippen LogP contribution in [0.25, 0.3) is 22.0 Å². The summed E-state index contributed by atoms with van der Waals surface area (Å²) in [6.07, 6.45) is 4.35. The van der Waals surface area contributed by atoms with Crippen LogP contribution in [0.3, 0.4) is 0 Å². The summed E-state index contributed by atoms with van der Waals surface area (Å²) < 4.78 is 5.89. The van der Waals surface area contributed by atoms with E-state index < -0.39 is 0 Å². The fraction of sp³-hybridized carbons (Fsp3) is 0.182. The van der Waals surface area contributed by atoms with E-state index in [1.54, 1.807) is 6.20 Å². The van der Waals surface area contributed by atoms with Gasteiger partial charge in [-0.3, -0.25) is 10.1 Å². The molecule has 0 saturated heterocycles. The number of hydrogen-bond donors (Lipinski definition) is 2. The van der Waals surface area contributed by atoms with Gasteiger partial charge < -0.3 is 10.5 Å². The van der Waals surface area contributed by atoms with Crippen LogP contribution in [0.5, 0.6) is 5.75 Å². The largest absolute Gasteiger partial charge is 0.490 e. The highest BCUT2D eigenvalue weighted by Crippen LogP contribution is 2.27. The van der Waals surface area contributed by atoms with E-state index >= 15 is 0 Å². The molecule has 3 N–H and O–H groups in total. The maximum atomic E-state index is 6.21. The first-order valence-corrected chi connectivity index (χ1v) is 9.01. The van der Waals surface area contributed by atoms with Crippen molar-refractivity contribution in [2.75, 3.05) is 6.61 Å². The minimum absolute atomic E-state index is 0. The van der Waals surface area contributed by atoms with E-state index in [1.807, 2.05) is 49.5 Å². The van der Waals surface area contributed by atoms with E-state index in [9.17, 15) is 0 Å². The molecule has 0 aliphatic rings. The Kier molecular flexibility index (Phi) is 8.02. The van der Waals surface area contributed by atoms with E-state index in [1.165, 1.54) is 5.56 Å². The van der Waals surface area contributed by atoms with Crippen molar-refractivity contribution < 1.29 is 4.74 Å². The third-order valence-corrected chi connectivity index (χ3v) is 4.60. The zero-order valence-electron chi connectivity index (χ0n) is 16.0. The lowest BCUT2D eigenvalue weighted by Gasteiger charge is -2.14. The van der Waals surface area contributed by atoms with Gasteiger partial charge in [0, 0.05) is 28.9 Å². The number of aryl methyl sites for hydroxylation is 1. The molecule has 0 radical (unpaired) electrons. The number of aromatic nitrogens is 3. The van der Waals surface area contributed by atoms with Crippen LogP contribution in [-0.4, -0.2) is 27.8 Å². The van der Waals surface area contributed by atoms with E-state index in [-0.39, 0.29) is 30.9 Å². The first-order chi connectivity index (χ1) is 13.2. The molecule has 0 aliphatic carbocycles. The molecule has 0 bridgehead atoms. The number of ether oxygens (including phenoxy) is 1. The van der Waals surface area contributed by atoms with Crippen LogP contribution >= 0.6 is 24.8 Å². The fourth-order valence-electron chi connectivity index (χ4n) is 3.15. The summed E-state index contributed by atoms with van der Waals surface area (Å²) >= 11 is 0. The van der Waals surface area contributed by atoms with Crippen molar-refractivity contribution in [3.63, 3.8) is 0 Å². The predicted octanol–water partition coefficient (Wildman–Crippen LogP) is 4.73. The second kappa shape index (κ2) is 10.3. The molecule has 152 valence electrons. The average Bonchev–Trinajstić information content (AvgIpc) is 3.08. The van der Waals surface area contributed by atoms with Gasteiger partial charge in [0.1, 0.15) is 12.4 Å². The van der Waals surface area contributed by atoms with Crippen molar-refractivity contribution in [1.82, 2.24) is 15.2 Å². The summed E-state index contributed by atoms with van der Waals surface area (Å²) in [6, 6.07) is 18.3. The second-order valence-electron chi connectivity index (χ2n) is 6.75. The predicted molar refractivity (Wildman–Crippen MR) is 122 cm³/mol. The molecule has 2 heterocycles. The quantitative estimate of drug-likeness (QED) is 0.463. The van der Waals surface area contributed by atoms with Crippen molar-refractivity contribution in [3.8, 4) is 16.9 Å². The Morgan fingerprint density at radius 2 is 1.79 bits per heavy atom. The number of H-pyrrole nitrogens is 1. The molecule has 2 aromatic carbocycles. The number of benzene rings is 2. The summed E-state index contributed by atoms with van der Waals surface area (Å²) in [5, 5.41) is 8.40. The Morgan fingerprint density at radius 3 is 2.59 bits per heavy atom. The molecule has 1 atom stereocenters. The zero-order chi connectivity index (χ0) is 18.6. The summed E-state index contributed by atoms with van der Waals surface area (Å²) in [5.41, 5.74) is 11.5. The number of hydrogen-bond acceptors (Lipinski definition) is 4. The van der Waals surface area contributed by atoms with E-state index in [4.69, 9.17) is 10.5 Å². The van der Waals surface area contributed by atoms with Gasteiger partial charge in [-0.1, -0.05) is 36.4 Å². The summed E-state index contributed by atoms with van der Waals surface area (Å²) in [4.78, 5) is 4.32. The van der Waals surface area contributed by atoms with Gasteiger partial charge in [-0.2, -0.15) is 5.10 Å². The van der Waals surface area contributed by atoms with Gasteiger partial charge in [0.25, 0.3) is 0 Å². The molecule has 2 aromatic heterocycles. The summed E-state index contributed by atoms with van der Waals surface area (Å²) in [5.74, 6) is 0.722. The van der Waals surface area contributed by atoms with Crippen molar-refractivity contribution in [2.45, 2.75) is 19.4 Å². The van der Waals surface area contributed by atoms with E-state index in [0.717, 1.165) is 39.9 Å². The minimum Gasteiger partial charge on any atom is -0.490 e. The Morgan fingerprint density at radius 1 is 1.00 bits per heavy atom. The number of nitrogens with two attached hydrogens (primary N) is 1. The maximum absolute atomic E-state index is 6.21. The van der Waals surface area contributed by atoms with Gasteiger partial charge in [0.05, 0.1) is 11.7 Å². The van der Waals surface area contributed by atoms with Crippen LogP contribution in [0.15, 0.2) is 67.0 Å². The third kappa shape index (κ3) is 5.48. The lowest BCUT2D eigenvalue weighted by Crippen LogP contribution is -2.30. The SMILES string of the molecule is Cc1[nH]nc2ccc(-c3cncc(OC[C@@H](N)Cc4ccccc4)c3)cc12.Cl.Cl. The van der Waals surface area contributed by atoms with Crippen LogP contribution in [0, 0.1) is 6.92 Å². The number of nitrogens with one attached hydrogen (secondary N) is 1. The normalized spacial score (nSPS) is 11.4. The summed E-state index contributed by atoms with van der Waals surface area (Å²) in [7, 11) is 0. The molecule has 5 nitrogen and oxygen atoms in total. The first-order valence-electron chi connectivity index (χ1n) is 9.01. The van der Waals surface area contributed by atoms with Crippen molar-refractivity contribution >= 4 is 35.7 Å². The second-order valence-corrected chi connectivity index (χ2v) is 6.75. The van der Waals surface area contributed by atoms with Gasteiger partial charge in [-0.25, -0.2) is 0 Å². The van der Waals surface area contributed by atoms with Gasteiger partial charge in [-0.15, -0.1) is 24.8 Å². The topological polar surface area (TPSA) is 76.8 Å². The number of pyridine rings is 1. The standard InChI is InChI=1S/C22H22N4O.2ClH/c1-15-21-11-17(7-8-22(21)26-25-15)18-10-20(13-24-12-18)27-14-19(23)9-16-5-3-2-4-6-16;;/h2-8,10-13,19H,9,14,23H2,1H3,(H,25,26);2*1H/t19-;;/m0../s1. The van der Waals surface area contributed by atoms with Gasteiger partial charge in [-0.05, 0) is 42.7 Å². The van der Waals surface area contributed by atoms with Gasteiger partial charge in [0.15, 0.2) is 0 Å². The van der Waals surface area contributed by atoms with Crippen molar-refractivity contribution in [3.05, 3.63) is 78.2 Å². The van der Waals surface area contributed by atoms with Crippen LogP contribution in [0.1, 0.15) is 11.3 Å². The highest BCUT2D eigenvalue weighted by Gasteiger charge is 2.08. The van der Waals surface area contributed by atoms with Crippen LogP contribution in [0.4, 0.5) is 0 Å². The molecular weight excluding hydrogens is 407 g/mol. The average molecular weight is 431 g/mol. The smallest absolute Gasteiger partial charge is 0.138 e. The summed E-state index contributed by atoms with van der Waals surface area (Å²) in [6.45, 7) is 2.46. The number of rotatable bonds is 6. The molecule has 4 aromatic rings. The molecular formula is C22H24Cl2N4O. The van der Waals surface area contributed by atoms with E-state index in [0.29, 0.717) is 6.61 Å². The molecule has 0 spiro atoms. The fourth-order valence-corrected chi connectivity index (χ4v) is 3.15. The number of aromatic amines is 1. The van der Waals surface area contributed by atoms with Crippen LogP contribution in [-0.2, 0) is 6.42 Å². The molecule has 0 unspecified atom stereocenters. The third-order valence-electron chi connectivity index (χ3n) is 4.60. The number of halogens is 2. The van der Waals surface area contributed by atoms with Gasteiger partial charge >= 0.3 is 0 Å². The Labute approximate surface area is 182 Å². The molecule has 0 aliphatic heterocycles. The molecule has 29 heavy (non-hydrogen) atoms. The molecule has 0 amide bonds. The molecule has 0 saturated carbocycles. The highest BCUT2D eigenvalue weighted by molar-refractivity contribution is 5.86. The number of fused-ring (bicyclic) bond motifs is 1. The van der Waals surface area contributed by atoms with Crippen LogP contribution in [0.2, 0.25) is 0 Å². The minimum atomic E-state index is -0.0685. The lowest BCUT2D eigenvalue weighted by molar-refractivity contribution is 0.286. The zero-order valence-corrected chi connectivity index (χ0v) is 17.7. The molecule has 4 rings (SSSR count). The Balaban J connectivity index is 0.00000150. The van der Waals surface area contributed by atoms with E-state index in [2.05, 4.69) is 33.4 Å². The first kappa shape index (κ1) is 22.7. The molecule has 7 heteroatoms. The maximum Gasteiger partial charge on any atom is 0.138 e. The monoisotopic (exact) mass is 430 g/mol. The van der Waals surface area contributed by atoms with Crippen molar-refractivity contribution in [1.29, 1.82) is 0 Å². The highest BCUT2D eigenvalue weighted by atomic mass is 35.5. The van der Waals surface area contributed by atoms with Gasteiger partial charge in [0.2, 0.25) is 0 Å². The molecule has 0 fully saturated rings.